The number of nitrogens with one attached hydrogen (secondary N) is 2. The Hall–Kier alpha value is -1.48. The first kappa shape index (κ1) is 18.3. The first-order valence-corrected chi connectivity index (χ1v) is 9.73. The quantitative estimate of drug-likeness (QED) is 0.815. The number of rotatable bonds is 6. The smallest absolute Gasteiger partial charge is 0.274 e. The Bertz CT molecular complexity index is 851. The lowest BCUT2D eigenvalue weighted by molar-refractivity contribution is 0.0576. The summed E-state index contributed by atoms with van der Waals surface area (Å²) in [6.07, 6.45) is 1.65. The van der Waals surface area contributed by atoms with Gasteiger partial charge in [0.2, 0.25) is 5.09 Å². The van der Waals surface area contributed by atoms with Crippen LogP contribution >= 0.6 is 0 Å². The molecule has 0 amide bonds. The van der Waals surface area contributed by atoms with Crippen LogP contribution in [-0.4, -0.2) is 41.8 Å². The van der Waals surface area contributed by atoms with Crippen LogP contribution in [0, 0.1) is 18.2 Å². The number of fused-ring (bicyclic) bond motifs is 1. The fraction of sp³-hybridized carbons (Fsp3) is 0.529. The predicted octanol–water partition coefficient (Wildman–Crippen LogP) is 2.17. The summed E-state index contributed by atoms with van der Waals surface area (Å²) in [7, 11) is -2.22. The Morgan fingerprint density at radius 1 is 1.36 bits per heavy atom. The van der Waals surface area contributed by atoms with E-state index in [0.29, 0.717) is 23.1 Å². The summed E-state index contributed by atoms with van der Waals surface area (Å²) < 4.78 is 52.4. The van der Waals surface area contributed by atoms with Gasteiger partial charge in [-0.15, -0.1) is 0 Å². The highest BCUT2D eigenvalue weighted by Gasteiger charge is 2.34. The molecule has 6 nitrogen and oxygen atoms in total. The fourth-order valence-corrected chi connectivity index (χ4v) is 4.72. The maximum atomic E-state index is 13.4. The maximum Gasteiger partial charge on any atom is 0.274 e. The molecule has 0 radical (unpaired) electrons. The Morgan fingerprint density at radius 3 is 2.76 bits per heavy atom. The van der Waals surface area contributed by atoms with Crippen LogP contribution in [-0.2, 0) is 14.8 Å². The fourth-order valence-electron chi connectivity index (χ4n) is 3.38. The van der Waals surface area contributed by atoms with Crippen LogP contribution in [0.2, 0.25) is 0 Å². The monoisotopic (exact) mass is 370 g/mol. The molecule has 1 fully saturated rings. The van der Waals surface area contributed by atoms with Gasteiger partial charge >= 0.3 is 0 Å². The molecular formula is C17H23FN2O4S. The first-order chi connectivity index (χ1) is 11.9. The van der Waals surface area contributed by atoms with Gasteiger partial charge in [-0.3, -0.25) is 0 Å². The highest BCUT2D eigenvalue weighted by molar-refractivity contribution is 7.89. The SMILES string of the molecule is COCC1(CNS(=O)(=O)c2oc3ccc(F)cc3c2C)CCNCC1. The van der Waals surface area contributed by atoms with Gasteiger partial charge in [0.1, 0.15) is 11.4 Å². The van der Waals surface area contributed by atoms with Crippen molar-refractivity contribution in [1.29, 1.82) is 0 Å². The number of hydrogen-bond donors (Lipinski definition) is 2. The van der Waals surface area contributed by atoms with Gasteiger partial charge in [0.25, 0.3) is 10.0 Å². The zero-order chi connectivity index (χ0) is 18.1. The molecule has 0 atom stereocenters. The van der Waals surface area contributed by atoms with Crippen molar-refractivity contribution in [2.75, 3.05) is 33.4 Å². The second-order valence-electron chi connectivity index (χ2n) is 6.66. The van der Waals surface area contributed by atoms with E-state index in [1.165, 1.54) is 18.2 Å². The molecule has 1 saturated heterocycles. The van der Waals surface area contributed by atoms with E-state index in [4.69, 9.17) is 9.15 Å². The van der Waals surface area contributed by atoms with Crippen LogP contribution in [0.5, 0.6) is 0 Å². The molecule has 0 bridgehead atoms. The van der Waals surface area contributed by atoms with E-state index >= 15 is 0 Å². The van der Waals surface area contributed by atoms with Crippen molar-refractivity contribution >= 4 is 21.0 Å². The number of halogens is 1. The number of ether oxygens (including phenoxy) is 1. The minimum Gasteiger partial charge on any atom is -0.443 e. The highest BCUT2D eigenvalue weighted by Crippen LogP contribution is 2.31. The molecule has 2 heterocycles. The molecular weight excluding hydrogens is 347 g/mol. The number of piperidine rings is 1. The van der Waals surface area contributed by atoms with Gasteiger partial charge in [-0.05, 0) is 51.1 Å². The Kier molecular flexibility index (Phi) is 5.15. The standard InChI is InChI=1S/C17H23FN2O4S/c1-12-14-9-13(18)3-4-15(14)24-16(12)25(21,22)20-10-17(11-23-2)5-7-19-8-6-17/h3-4,9,19-20H,5-8,10-11H2,1-2H3. The van der Waals surface area contributed by atoms with Gasteiger partial charge in [-0.2, -0.15) is 0 Å². The van der Waals surface area contributed by atoms with Crippen molar-refractivity contribution in [1.82, 2.24) is 10.0 Å². The third kappa shape index (κ3) is 3.72. The lowest BCUT2D eigenvalue weighted by Crippen LogP contribution is -2.47. The molecule has 0 unspecified atom stereocenters. The highest BCUT2D eigenvalue weighted by atomic mass is 32.2. The van der Waals surface area contributed by atoms with E-state index in [9.17, 15) is 12.8 Å². The van der Waals surface area contributed by atoms with E-state index < -0.39 is 15.8 Å². The molecule has 0 aliphatic carbocycles. The average molecular weight is 370 g/mol. The van der Waals surface area contributed by atoms with Crippen molar-refractivity contribution in [3.05, 3.63) is 29.6 Å². The van der Waals surface area contributed by atoms with Crippen LogP contribution in [0.4, 0.5) is 4.39 Å². The van der Waals surface area contributed by atoms with Gasteiger partial charge in [-0.1, -0.05) is 0 Å². The van der Waals surface area contributed by atoms with Crippen molar-refractivity contribution in [2.45, 2.75) is 24.9 Å². The zero-order valence-corrected chi connectivity index (χ0v) is 15.2. The number of hydrogen-bond acceptors (Lipinski definition) is 5. The van der Waals surface area contributed by atoms with Gasteiger partial charge in [0.15, 0.2) is 0 Å². The van der Waals surface area contributed by atoms with Crippen molar-refractivity contribution in [2.24, 2.45) is 5.41 Å². The number of furan rings is 1. The van der Waals surface area contributed by atoms with Crippen molar-refractivity contribution in [3.8, 4) is 0 Å². The molecule has 1 aliphatic rings. The molecule has 1 aliphatic heterocycles. The number of aryl methyl sites for hydroxylation is 1. The van der Waals surface area contributed by atoms with Crippen LogP contribution in [0.25, 0.3) is 11.0 Å². The third-order valence-electron chi connectivity index (χ3n) is 4.85. The van der Waals surface area contributed by atoms with Gasteiger partial charge in [0.05, 0.1) is 6.61 Å². The Labute approximate surface area is 146 Å². The third-order valence-corrected chi connectivity index (χ3v) is 6.25. The topological polar surface area (TPSA) is 80.6 Å². The van der Waals surface area contributed by atoms with Crippen LogP contribution in [0.1, 0.15) is 18.4 Å². The minimum absolute atomic E-state index is 0.158. The Morgan fingerprint density at radius 2 is 2.08 bits per heavy atom. The van der Waals surface area contributed by atoms with Crippen LogP contribution in [0.15, 0.2) is 27.7 Å². The Balaban J connectivity index is 1.85. The maximum absolute atomic E-state index is 13.4. The van der Waals surface area contributed by atoms with E-state index in [-0.39, 0.29) is 17.1 Å². The lowest BCUT2D eigenvalue weighted by Gasteiger charge is -2.37. The molecule has 1 aromatic heterocycles. The molecule has 2 N–H and O–H groups in total. The van der Waals surface area contributed by atoms with Crippen LogP contribution in [0.3, 0.4) is 0 Å². The van der Waals surface area contributed by atoms with E-state index in [1.54, 1.807) is 14.0 Å². The molecule has 8 heteroatoms. The summed E-state index contributed by atoms with van der Waals surface area (Å²) in [4.78, 5) is 0. The summed E-state index contributed by atoms with van der Waals surface area (Å²) in [5, 5.41) is 3.58. The number of benzene rings is 1. The summed E-state index contributed by atoms with van der Waals surface area (Å²) >= 11 is 0. The minimum atomic E-state index is -3.84. The van der Waals surface area contributed by atoms with Gasteiger partial charge < -0.3 is 14.5 Å². The number of sulfonamides is 1. The molecule has 0 spiro atoms. The normalized spacial score (nSPS) is 17.9. The zero-order valence-electron chi connectivity index (χ0n) is 14.4. The van der Waals surface area contributed by atoms with E-state index in [2.05, 4.69) is 10.0 Å². The second kappa shape index (κ2) is 7.03. The summed E-state index contributed by atoms with van der Waals surface area (Å²) in [6.45, 7) is 4.04. The molecule has 138 valence electrons. The van der Waals surface area contributed by atoms with Gasteiger partial charge in [-0.25, -0.2) is 17.5 Å². The summed E-state index contributed by atoms with van der Waals surface area (Å²) in [6, 6.07) is 3.97. The van der Waals surface area contributed by atoms with Crippen LogP contribution < -0.4 is 10.0 Å². The average Bonchev–Trinajstić information content (AvgIpc) is 2.92. The van der Waals surface area contributed by atoms with Crippen molar-refractivity contribution in [3.63, 3.8) is 0 Å². The lowest BCUT2D eigenvalue weighted by atomic mass is 9.80. The number of methoxy groups -OCH3 is 1. The van der Waals surface area contributed by atoms with E-state index in [1.807, 2.05) is 0 Å². The molecule has 1 aromatic carbocycles. The summed E-state index contributed by atoms with van der Waals surface area (Å²) in [5.74, 6) is -0.429. The molecule has 0 saturated carbocycles. The molecule has 3 rings (SSSR count). The summed E-state index contributed by atoms with van der Waals surface area (Å²) in [5.41, 5.74) is 0.528. The first-order valence-electron chi connectivity index (χ1n) is 8.25. The van der Waals surface area contributed by atoms with Crippen molar-refractivity contribution < 1.29 is 22.0 Å². The largest absolute Gasteiger partial charge is 0.443 e. The second-order valence-corrected chi connectivity index (χ2v) is 8.33. The predicted molar refractivity (Wildman–Crippen MR) is 92.5 cm³/mol. The molecule has 2 aromatic rings. The van der Waals surface area contributed by atoms with Gasteiger partial charge in [0, 0.05) is 30.0 Å². The van der Waals surface area contributed by atoms with E-state index in [0.717, 1.165) is 25.9 Å². The molecule has 25 heavy (non-hydrogen) atoms.